The number of benzene rings is 1. The summed E-state index contributed by atoms with van der Waals surface area (Å²) in [6, 6.07) is 5.65. The summed E-state index contributed by atoms with van der Waals surface area (Å²) in [5, 5.41) is 9.75. The predicted octanol–water partition coefficient (Wildman–Crippen LogP) is 2.44. The summed E-state index contributed by atoms with van der Waals surface area (Å²) in [5.41, 5.74) is 1.05. The summed E-state index contributed by atoms with van der Waals surface area (Å²) >= 11 is 6.10. The molecule has 1 aromatic rings. The Kier molecular flexibility index (Phi) is 2.66. The van der Waals surface area contributed by atoms with Gasteiger partial charge in [0.2, 0.25) is 0 Å². The summed E-state index contributed by atoms with van der Waals surface area (Å²) in [6.07, 6.45) is 1.01. The van der Waals surface area contributed by atoms with Gasteiger partial charge in [-0.05, 0) is 30.4 Å². The van der Waals surface area contributed by atoms with Crippen LogP contribution in [0.4, 0.5) is 0 Å². The molecular formula is C11H13ClO2. The lowest BCUT2D eigenvalue weighted by Crippen LogP contribution is -1.94. The number of methoxy groups -OCH3 is 1. The highest BCUT2D eigenvalue weighted by molar-refractivity contribution is 6.31. The first-order chi connectivity index (χ1) is 6.77. The molecule has 0 bridgehead atoms. The van der Waals surface area contributed by atoms with Gasteiger partial charge in [-0.15, -0.1) is 0 Å². The molecular weight excluding hydrogens is 200 g/mol. The van der Waals surface area contributed by atoms with Crippen LogP contribution in [0, 0.1) is 5.92 Å². The van der Waals surface area contributed by atoms with E-state index in [0.717, 1.165) is 22.8 Å². The van der Waals surface area contributed by atoms with Crippen molar-refractivity contribution in [2.45, 2.75) is 12.3 Å². The van der Waals surface area contributed by atoms with Gasteiger partial charge in [0.25, 0.3) is 0 Å². The molecule has 0 aromatic heterocycles. The molecule has 0 radical (unpaired) electrons. The van der Waals surface area contributed by atoms with E-state index in [0.29, 0.717) is 11.8 Å². The molecule has 76 valence electrons. The van der Waals surface area contributed by atoms with Crippen molar-refractivity contribution in [1.82, 2.24) is 0 Å². The van der Waals surface area contributed by atoms with E-state index in [4.69, 9.17) is 21.4 Å². The molecule has 2 unspecified atom stereocenters. The van der Waals surface area contributed by atoms with Crippen LogP contribution in [0.1, 0.15) is 17.9 Å². The molecule has 1 fully saturated rings. The number of ether oxygens (including phenoxy) is 1. The number of aliphatic hydroxyl groups excluding tert-OH is 1. The van der Waals surface area contributed by atoms with Crippen LogP contribution in [-0.4, -0.2) is 18.8 Å². The first kappa shape index (κ1) is 9.81. The van der Waals surface area contributed by atoms with Crippen LogP contribution in [0.3, 0.4) is 0 Å². The minimum absolute atomic E-state index is 0.235. The fourth-order valence-electron chi connectivity index (χ4n) is 1.86. The van der Waals surface area contributed by atoms with E-state index in [2.05, 4.69) is 0 Å². The average molecular weight is 213 g/mol. The zero-order valence-corrected chi connectivity index (χ0v) is 8.79. The third kappa shape index (κ3) is 1.60. The molecule has 1 aromatic carbocycles. The van der Waals surface area contributed by atoms with Gasteiger partial charge >= 0.3 is 0 Å². The van der Waals surface area contributed by atoms with Gasteiger partial charge in [0.05, 0.1) is 7.11 Å². The lowest BCUT2D eigenvalue weighted by atomic mass is 10.1. The number of hydrogen-bond acceptors (Lipinski definition) is 2. The van der Waals surface area contributed by atoms with Gasteiger partial charge in [-0.1, -0.05) is 17.7 Å². The molecule has 14 heavy (non-hydrogen) atoms. The molecule has 2 atom stereocenters. The van der Waals surface area contributed by atoms with Gasteiger partial charge in [-0.2, -0.15) is 0 Å². The van der Waals surface area contributed by atoms with Crippen molar-refractivity contribution < 1.29 is 9.84 Å². The standard InChI is InChI=1S/C11H13ClO2/c1-14-10-4-2-3-9(12)11(10)8-5-7(8)6-13/h2-4,7-8,13H,5-6H2,1H3. The maximum atomic E-state index is 9.01. The smallest absolute Gasteiger partial charge is 0.123 e. The Hall–Kier alpha value is -0.730. The fourth-order valence-corrected chi connectivity index (χ4v) is 2.16. The van der Waals surface area contributed by atoms with Gasteiger partial charge < -0.3 is 9.84 Å². The Morgan fingerprint density at radius 1 is 1.57 bits per heavy atom. The van der Waals surface area contributed by atoms with Crippen LogP contribution in [0.25, 0.3) is 0 Å². The van der Waals surface area contributed by atoms with E-state index in [-0.39, 0.29) is 6.61 Å². The largest absolute Gasteiger partial charge is 0.496 e. The summed E-state index contributed by atoms with van der Waals surface area (Å²) in [5.74, 6) is 1.57. The molecule has 1 aliphatic carbocycles. The van der Waals surface area contributed by atoms with Crippen molar-refractivity contribution in [3.63, 3.8) is 0 Å². The molecule has 3 heteroatoms. The van der Waals surface area contributed by atoms with E-state index >= 15 is 0 Å². The maximum absolute atomic E-state index is 9.01. The highest BCUT2D eigenvalue weighted by Gasteiger charge is 2.40. The Labute approximate surface area is 88.5 Å². The number of rotatable bonds is 3. The molecule has 0 spiro atoms. The van der Waals surface area contributed by atoms with Crippen molar-refractivity contribution >= 4 is 11.6 Å². The van der Waals surface area contributed by atoms with Crippen LogP contribution in [0.2, 0.25) is 5.02 Å². The summed E-state index contributed by atoms with van der Waals surface area (Å²) in [7, 11) is 1.64. The molecule has 0 aliphatic heterocycles. The predicted molar refractivity (Wildman–Crippen MR) is 55.9 cm³/mol. The average Bonchev–Trinajstić information content (AvgIpc) is 2.96. The Balaban J connectivity index is 2.32. The van der Waals surface area contributed by atoms with Crippen LogP contribution < -0.4 is 4.74 Å². The zero-order valence-electron chi connectivity index (χ0n) is 8.03. The van der Waals surface area contributed by atoms with Gasteiger partial charge in [-0.25, -0.2) is 0 Å². The Morgan fingerprint density at radius 3 is 2.93 bits per heavy atom. The number of hydrogen-bond donors (Lipinski definition) is 1. The van der Waals surface area contributed by atoms with Crippen LogP contribution in [-0.2, 0) is 0 Å². The fraction of sp³-hybridized carbons (Fsp3) is 0.455. The van der Waals surface area contributed by atoms with E-state index in [1.165, 1.54) is 0 Å². The second-order valence-electron chi connectivity index (χ2n) is 3.64. The minimum Gasteiger partial charge on any atom is -0.496 e. The van der Waals surface area contributed by atoms with Crippen LogP contribution in [0.15, 0.2) is 18.2 Å². The normalized spacial score (nSPS) is 24.8. The highest BCUT2D eigenvalue weighted by atomic mass is 35.5. The van der Waals surface area contributed by atoms with E-state index in [9.17, 15) is 0 Å². The monoisotopic (exact) mass is 212 g/mol. The quantitative estimate of drug-likeness (QED) is 0.834. The number of aliphatic hydroxyl groups is 1. The summed E-state index contributed by atoms with van der Waals surface area (Å²) in [4.78, 5) is 0. The van der Waals surface area contributed by atoms with Gasteiger partial charge in [0.15, 0.2) is 0 Å². The molecule has 1 saturated carbocycles. The highest BCUT2D eigenvalue weighted by Crippen LogP contribution is 2.52. The lowest BCUT2D eigenvalue weighted by molar-refractivity contribution is 0.273. The van der Waals surface area contributed by atoms with E-state index in [1.807, 2.05) is 18.2 Å². The first-order valence-electron chi connectivity index (χ1n) is 4.71. The molecule has 1 aliphatic rings. The van der Waals surface area contributed by atoms with Crippen LogP contribution >= 0.6 is 11.6 Å². The summed E-state index contributed by atoms with van der Waals surface area (Å²) in [6.45, 7) is 0.235. The third-order valence-electron chi connectivity index (χ3n) is 2.76. The van der Waals surface area contributed by atoms with Crippen molar-refractivity contribution in [1.29, 1.82) is 0 Å². The van der Waals surface area contributed by atoms with Crippen LogP contribution in [0.5, 0.6) is 5.75 Å². The third-order valence-corrected chi connectivity index (χ3v) is 3.09. The number of halogens is 1. The van der Waals surface area contributed by atoms with Gasteiger partial charge in [0, 0.05) is 17.2 Å². The maximum Gasteiger partial charge on any atom is 0.123 e. The van der Waals surface area contributed by atoms with Crippen molar-refractivity contribution in [3.8, 4) is 5.75 Å². The molecule has 2 rings (SSSR count). The van der Waals surface area contributed by atoms with Gasteiger partial charge in [0.1, 0.15) is 5.75 Å². The Bertz CT molecular complexity index is 338. The van der Waals surface area contributed by atoms with Crippen molar-refractivity contribution in [2.24, 2.45) is 5.92 Å². The first-order valence-corrected chi connectivity index (χ1v) is 5.09. The zero-order chi connectivity index (χ0) is 10.1. The molecule has 0 amide bonds. The second kappa shape index (κ2) is 3.79. The lowest BCUT2D eigenvalue weighted by Gasteiger charge is -2.09. The SMILES string of the molecule is COc1cccc(Cl)c1C1CC1CO. The van der Waals surface area contributed by atoms with Gasteiger partial charge in [-0.3, -0.25) is 0 Å². The topological polar surface area (TPSA) is 29.5 Å². The molecule has 0 heterocycles. The summed E-state index contributed by atoms with van der Waals surface area (Å²) < 4.78 is 5.25. The second-order valence-corrected chi connectivity index (χ2v) is 4.05. The Morgan fingerprint density at radius 2 is 2.36 bits per heavy atom. The van der Waals surface area contributed by atoms with E-state index < -0.39 is 0 Å². The molecule has 2 nitrogen and oxygen atoms in total. The van der Waals surface area contributed by atoms with Crippen molar-refractivity contribution in [3.05, 3.63) is 28.8 Å². The van der Waals surface area contributed by atoms with Crippen molar-refractivity contribution in [2.75, 3.05) is 13.7 Å². The molecule has 1 N–H and O–H groups in total. The molecule has 0 saturated heterocycles. The minimum atomic E-state index is 0.235. The van der Waals surface area contributed by atoms with E-state index in [1.54, 1.807) is 7.11 Å².